The molecule has 0 saturated heterocycles. The molecule has 1 aromatic carbocycles. The molecule has 104 valence electrons. The van der Waals surface area contributed by atoms with E-state index in [1.807, 2.05) is 19.1 Å². The normalized spacial score (nSPS) is 10.3. The van der Waals surface area contributed by atoms with Gasteiger partial charge in [-0.05, 0) is 37.6 Å². The monoisotopic (exact) mass is 272 g/mol. The molecule has 5 heteroatoms. The van der Waals surface area contributed by atoms with Crippen molar-refractivity contribution >= 4 is 5.97 Å². The Labute approximate surface area is 117 Å². The molecule has 1 aromatic heterocycles. The molecule has 0 atom stereocenters. The Morgan fingerprint density at radius 2 is 2.00 bits per heavy atom. The van der Waals surface area contributed by atoms with Gasteiger partial charge in [0.05, 0.1) is 12.3 Å². The van der Waals surface area contributed by atoms with Crippen molar-refractivity contribution in [2.75, 3.05) is 6.61 Å². The SMILES string of the molecule is CCCOc1ccc(-c2nc(C)ncc2C(=O)O)cc1. The Hall–Kier alpha value is -2.43. The Kier molecular flexibility index (Phi) is 4.30. The zero-order valence-corrected chi connectivity index (χ0v) is 11.5. The first kappa shape index (κ1) is 14.0. The highest BCUT2D eigenvalue weighted by molar-refractivity contribution is 5.94. The summed E-state index contributed by atoms with van der Waals surface area (Å²) in [6, 6.07) is 7.24. The van der Waals surface area contributed by atoms with Gasteiger partial charge in [-0.15, -0.1) is 0 Å². The number of aryl methyl sites for hydroxylation is 1. The van der Waals surface area contributed by atoms with Crippen LogP contribution in [0.2, 0.25) is 0 Å². The van der Waals surface area contributed by atoms with Gasteiger partial charge in [0.2, 0.25) is 0 Å². The second-order valence-corrected chi connectivity index (χ2v) is 4.36. The van der Waals surface area contributed by atoms with Gasteiger partial charge in [0.1, 0.15) is 17.1 Å². The first-order valence-corrected chi connectivity index (χ1v) is 6.42. The zero-order chi connectivity index (χ0) is 14.5. The van der Waals surface area contributed by atoms with Crippen LogP contribution in [0.1, 0.15) is 29.5 Å². The summed E-state index contributed by atoms with van der Waals surface area (Å²) >= 11 is 0. The predicted octanol–water partition coefficient (Wildman–Crippen LogP) is 2.94. The van der Waals surface area contributed by atoms with Crippen LogP contribution in [0.25, 0.3) is 11.3 Å². The van der Waals surface area contributed by atoms with Crippen LogP contribution in [0, 0.1) is 6.92 Å². The summed E-state index contributed by atoms with van der Waals surface area (Å²) in [5, 5.41) is 9.18. The number of ether oxygens (including phenoxy) is 1. The summed E-state index contributed by atoms with van der Waals surface area (Å²) in [6.45, 7) is 4.43. The van der Waals surface area contributed by atoms with E-state index in [9.17, 15) is 9.90 Å². The molecule has 0 aliphatic heterocycles. The van der Waals surface area contributed by atoms with Gasteiger partial charge in [-0.3, -0.25) is 0 Å². The molecule has 0 amide bonds. The van der Waals surface area contributed by atoms with E-state index < -0.39 is 5.97 Å². The van der Waals surface area contributed by atoms with Crippen molar-refractivity contribution in [1.82, 2.24) is 9.97 Å². The minimum atomic E-state index is -1.04. The van der Waals surface area contributed by atoms with E-state index >= 15 is 0 Å². The van der Waals surface area contributed by atoms with Crippen LogP contribution in [0.15, 0.2) is 30.5 Å². The van der Waals surface area contributed by atoms with Crippen molar-refractivity contribution in [2.45, 2.75) is 20.3 Å². The van der Waals surface area contributed by atoms with Crippen LogP contribution in [-0.4, -0.2) is 27.7 Å². The Morgan fingerprint density at radius 3 is 2.60 bits per heavy atom. The molecule has 0 unspecified atom stereocenters. The fraction of sp³-hybridized carbons (Fsp3) is 0.267. The number of rotatable bonds is 5. The molecule has 5 nitrogen and oxygen atoms in total. The van der Waals surface area contributed by atoms with Crippen LogP contribution in [-0.2, 0) is 0 Å². The van der Waals surface area contributed by atoms with Gasteiger partial charge in [-0.2, -0.15) is 0 Å². The molecule has 0 aliphatic rings. The maximum absolute atomic E-state index is 11.2. The molecule has 1 heterocycles. The van der Waals surface area contributed by atoms with Gasteiger partial charge in [0.25, 0.3) is 0 Å². The van der Waals surface area contributed by atoms with Crippen LogP contribution in [0.3, 0.4) is 0 Å². The van der Waals surface area contributed by atoms with Crippen molar-refractivity contribution in [3.05, 3.63) is 41.9 Å². The second-order valence-electron chi connectivity index (χ2n) is 4.36. The van der Waals surface area contributed by atoms with Crippen molar-refractivity contribution in [2.24, 2.45) is 0 Å². The number of carboxylic acid groups (broad SMARTS) is 1. The molecule has 0 saturated carbocycles. The minimum absolute atomic E-state index is 0.0952. The lowest BCUT2D eigenvalue weighted by Gasteiger charge is -2.08. The summed E-state index contributed by atoms with van der Waals surface area (Å²) < 4.78 is 5.50. The Balaban J connectivity index is 2.36. The van der Waals surface area contributed by atoms with E-state index in [4.69, 9.17) is 4.74 Å². The molecule has 1 N–H and O–H groups in total. The lowest BCUT2D eigenvalue weighted by molar-refractivity contribution is 0.0697. The largest absolute Gasteiger partial charge is 0.494 e. The maximum Gasteiger partial charge on any atom is 0.339 e. The molecule has 0 fully saturated rings. The summed E-state index contributed by atoms with van der Waals surface area (Å²) in [5.74, 6) is 0.265. The van der Waals surface area contributed by atoms with Crippen molar-refractivity contribution < 1.29 is 14.6 Å². The molecule has 0 radical (unpaired) electrons. The number of carboxylic acids is 1. The third kappa shape index (κ3) is 3.12. The fourth-order valence-corrected chi connectivity index (χ4v) is 1.78. The highest BCUT2D eigenvalue weighted by atomic mass is 16.5. The molecule has 0 aliphatic carbocycles. The number of hydrogen-bond donors (Lipinski definition) is 1. The zero-order valence-electron chi connectivity index (χ0n) is 11.5. The predicted molar refractivity (Wildman–Crippen MR) is 75.0 cm³/mol. The van der Waals surface area contributed by atoms with Gasteiger partial charge in [-0.25, -0.2) is 14.8 Å². The quantitative estimate of drug-likeness (QED) is 0.906. The third-order valence-electron chi connectivity index (χ3n) is 2.74. The number of nitrogens with zero attached hydrogens (tertiary/aromatic N) is 2. The summed E-state index contributed by atoms with van der Waals surface area (Å²) in [7, 11) is 0. The van der Waals surface area contributed by atoms with Crippen LogP contribution < -0.4 is 4.74 Å². The van der Waals surface area contributed by atoms with Gasteiger partial charge < -0.3 is 9.84 Å². The third-order valence-corrected chi connectivity index (χ3v) is 2.74. The van der Waals surface area contributed by atoms with Gasteiger partial charge >= 0.3 is 5.97 Å². The summed E-state index contributed by atoms with van der Waals surface area (Å²) in [6.07, 6.45) is 2.28. The van der Waals surface area contributed by atoms with E-state index in [1.165, 1.54) is 6.20 Å². The summed E-state index contributed by atoms with van der Waals surface area (Å²) in [5.41, 5.74) is 1.25. The number of hydrogen-bond acceptors (Lipinski definition) is 4. The second kappa shape index (κ2) is 6.14. The van der Waals surface area contributed by atoms with E-state index in [-0.39, 0.29) is 5.56 Å². The van der Waals surface area contributed by atoms with Gasteiger partial charge in [0, 0.05) is 11.8 Å². The molecular weight excluding hydrogens is 256 g/mol. The van der Waals surface area contributed by atoms with E-state index in [2.05, 4.69) is 9.97 Å². The van der Waals surface area contributed by atoms with E-state index in [0.717, 1.165) is 17.7 Å². The maximum atomic E-state index is 11.2. The minimum Gasteiger partial charge on any atom is -0.494 e. The molecule has 20 heavy (non-hydrogen) atoms. The van der Waals surface area contributed by atoms with Crippen molar-refractivity contribution in [1.29, 1.82) is 0 Å². The molecule has 2 aromatic rings. The lowest BCUT2D eigenvalue weighted by atomic mass is 10.1. The number of aromatic nitrogens is 2. The van der Waals surface area contributed by atoms with Crippen LogP contribution in [0.4, 0.5) is 0 Å². The van der Waals surface area contributed by atoms with Crippen LogP contribution >= 0.6 is 0 Å². The number of aromatic carboxylic acids is 1. The highest BCUT2D eigenvalue weighted by Crippen LogP contribution is 2.24. The average Bonchev–Trinajstić information content (AvgIpc) is 2.45. The Bertz CT molecular complexity index is 609. The first-order chi connectivity index (χ1) is 9.61. The topological polar surface area (TPSA) is 72.3 Å². The highest BCUT2D eigenvalue weighted by Gasteiger charge is 2.14. The van der Waals surface area contributed by atoms with Crippen molar-refractivity contribution in [3.63, 3.8) is 0 Å². The van der Waals surface area contributed by atoms with Gasteiger partial charge in [0.15, 0.2) is 0 Å². The van der Waals surface area contributed by atoms with E-state index in [1.54, 1.807) is 19.1 Å². The van der Waals surface area contributed by atoms with Crippen molar-refractivity contribution in [3.8, 4) is 17.0 Å². The van der Waals surface area contributed by atoms with Crippen LogP contribution in [0.5, 0.6) is 5.75 Å². The average molecular weight is 272 g/mol. The fourth-order valence-electron chi connectivity index (χ4n) is 1.78. The molecule has 2 rings (SSSR count). The summed E-state index contributed by atoms with van der Waals surface area (Å²) in [4.78, 5) is 19.4. The smallest absolute Gasteiger partial charge is 0.339 e. The lowest BCUT2D eigenvalue weighted by Crippen LogP contribution is -2.04. The standard InChI is InChI=1S/C15H16N2O3/c1-3-8-20-12-6-4-11(5-7-12)14-13(15(18)19)9-16-10(2)17-14/h4-7,9H,3,8H2,1-2H3,(H,18,19). The first-order valence-electron chi connectivity index (χ1n) is 6.42. The Morgan fingerprint density at radius 1 is 1.30 bits per heavy atom. The number of carbonyl (C=O) groups is 1. The van der Waals surface area contributed by atoms with E-state index in [0.29, 0.717) is 18.1 Å². The molecular formula is C15H16N2O3. The van der Waals surface area contributed by atoms with Gasteiger partial charge in [-0.1, -0.05) is 6.92 Å². The molecule has 0 spiro atoms. The number of benzene rings is 1. The molecule has 0 bridgehead atoms.